The number of aryl methyl sites for hydroxylation is 4. The third kappa shape index (κ3) is 3.76. The fraction of sp³-hybridized carbons (Fsp3) is 0.250. The van der Waals surface area contributed by atoms with Crippen molar-refractivity contribution >= 4 is 17.1 Å². The molecule has 0 heterocycles. The summed E-state index contributed by atoms with van der Waals surface area (Å²) in [7, 11) is 0. The lowest BCUT2D eigenvalue weighted by Gasteiger charge is -2.27. The van der Waals surface area contributed by atoms with Gasteiger partial charge in [-0.1, -0.05) is 55.8 Å². The second-order valence-corrected chi connectivity index (χ2v) is 6.67. The molecule has 1 nitrogen and oxygen atoms in total. The molecule has 0 aliphatic heterocycles. The Morgan fingerprint density at radius 3 is 1.52 bits per heavy atom. The third-order valence-corrected chi connectivity index (χ3v) is 4.80. The lowest BCUT2D eigenvalue weighted by atomic mass is 10.1. The van der Waals surface area contributed by atoms with Crippen LogP contribution in [0.4, 0.5) is 17.1 Å². The zero-order valence-corrected chi connectivity index (χ0v) is 15.7. The number of anilines is 3. The van der Waals surface area contributed by atoms with Gasteiger partial charge in [0.1, 0.15) is 0 Å². The normalized spacial score (nSPS) is 10.7. The van der Waals surface area contributed by atoms with Crippen molar-refractivity contribution in [1.82, 2.24) is 0 Å². The van der Waals surface area contributed by atoms with Crippen molar-refractivity contribution in [2.45, 2.75) is 40.5 Å². The van der Waals surface area contributed by atoms with Gasteiger partial charge in [0.15, 0.2) is 0 Å². The molecule has 0 aromatic heterocycles. The van der Waals surface area contributed by atoms with Crippen LogP contribution < -0.4 is 4.90 Å². The molecule has 0 bridgehead atoms. The maximum atomic E-state index is 2.35. The van der Waals surface area contributed by atoms with Gasteiger partial charge in [-0.05, 0) is 73.7 Å². The molecule has 25 heavy (non-hydrogen) atoms. The first-order chi connectivity index (χ1) is 12.1. The molecule has 0 saturated heterocycles. The van der Waals surface area contributed by atoms with Gasteiger partial charge in [0.05, 0.1) is 0 Å². The Balaban J connectivity index is 2.12. The number of nitrogens with zero attached hydrogens (tertiary/aromatic N) is 1. The fourth-order valence-corrected chi connectivity index (χ4v) is 3.24. The standard InChI is InChI=1S/C24H27N/c1-5-20-8-12-22(13-9-20)25(23-14-10-21(6-2)11-15-23)24-16-7-18(3)17-19(24)4/h7-17H,5-6H2,1-4H3. The highest BCUT2D eigenvalue weighted by Crippen LogP contribution is 2.36. The van der Waals surface area contributed by atoms with E-state index in [4.69, 9.17) is 0 Å². The average molecular weight is 329 g/mol. The van der Waals surface area contributed by atoms with Gasteiger partial charge in [-0.25, -0.2) is 0 Å². The molecule has 0 spiro atoms. The minimum absolute atomic E-state index is 1.06. The smallest absolute Gasteiger partial charge is 0.0490 e. The summed E-state index contributed by atoms with van der Waals surface area (Å²) in [5, 5.41) is 0. The first-order valence-electron chi connectivity index (χ1n) is 9.17. The van der Waals surface area contributed by atoms with E-state index in [9.17, 15) is 0 Å². The molecule has 1 heteroatoms. The topological polar surface area (TPSA) is 3.24 Å². The van der Waals surface area contributed by atoms with Crippen LogP contribution in [-0.2, 0) is 12.8 Å². The van der Waals surface area contributed by atoms with E-state index in [1.807, 2.05) is 0 Å². The summed E-state index contributed by atoms with van der Waals surface area (Å²) in [4.78, 5) is 2.35. The summed E-state index contributed by atoms with van der Waals surface area (Å²) < 4.78 is 0. The molecule has 0 aliphatic rings. The highest BCUT2D eigenvalue weighted by atomic mass is 15.1. The molecular weight excluding hydrogens is 302 g/mol. The van der Waals surface area contributed by atoms with Gasteiger partial charge in [0.2, 0.25) is 0 Å². The van der Waals surface area contributed by atoms with Crippen molar-refractivity contribution in [3.63, 3.8) is 0 Å². The molecule has 0 amide bonds. The molecule has 0 fully saturated rings. The van der Waals surface area contributed by atoms with Gasteiger partial charge in [-0.15, -0.1) is 0 Å². The van der Waals surface area contributed by atoms with Gasteiger partial charge in [-0.3, -0.25) is 0 Å². The first-order valence-corrected chi connectivity index (χ1v) is 9.17. The Morgan fingerprint density at radius 2 is 1.12 bits per heavy atom. The Labute approximate surface area is 151 Å². The molecule has 0 saturated carbocycles. The van der Waals surface area contributed by atoms with Crippen molar-refractivity contribution in [3.05, 3.63) is 89.0 Å². The molecule has 0 atom stereocenters. The molecular formula is C24H27N. The quantitative estimate of drug-likeness (QED) is 0.492. The number of benzene rings is 3. The van der Waals surface area contributed by atoms with E-state index in [-0.39, 0.29) is 0 Å². The van der Waals surface area contributed by atoms with Crippen LogP contribution in [0.3, 0.4) is 0 Å². The second-order valence-electron chi connectivity index (χ2n) is 6.67. The lowest BCUT2D eigenvalue weighted by molar-refractivity contribution is 1.13. The van der Waals surface area contributed by atoms with Crippen LogP contribution in [0.25, 0.3) is 0 Å². The van der Waals surface area contributed by atoms with E-state index in [2.05, 4.69) is 99.3 Å². The highest BCUT2D eigenvalue weighted by molar-refractivity contribution is 5.78. The van der Waals surface area contributed by atoms with Crippen LogP contribution in [0, 0.1) is 13.8 Å². The van der Waals surface area contributed by atoms with Gasteiger partial charge in [0.25, 0.3) is 0 Å². The van der Waals surface area contributed by atoms with Gasteiger partial charge in [0, 0.05) is 17.1 Å². The van der Waals surface area contributed by atoms with Crippen LogP contribution in [0.15, 0.2) is 66.7 Å². The summed E-state index contributed by atoms with van der Waals surface area (Å²) in [5.41, 5.74) is 8.96. The molecule has 3 rings (SSSR count). The second kappa shape index (κ2) is 7.57. The van der Waals surface area contributed by atoms with Crippen molar-refractivity contribution in [1.29, 1.82) is 0 Å². The minimum Gasteiger partial charge on any atom is -0.310 e. The van der Waals surface area contributed by atoms with Crippen LogP contribution in [0.1, 0.15) is 36.1 Å². The Hall–Kier alpha value is -2.54. The van der Waals surface area contributed by atoms with Crippen LogP contribution in [-0.4, -0.2) is 0 Å². The SMILES string of the molecule is CCc1ccc(N(c2ccc(CC)cc2)c2ccc(C)cc2C)cc1. The van der Waals surface area contributed by atoms with E-state index >= 15 is 0 Å². The lowest BCUT2D eigenvalue weighted by Crippen LogP contribution is -2.11. The molecule has 128 valence electrons. The van der Waals surface area contributed by atoms with Gasteiger partial charge < -0.3 is 4.90 Å². The van der Waals surface area contributed by atoms with E-state index in [0.717, 1.165) is 12.8 Å². The maximum absolute atomic E-state index is 2.35. The van der Waals surface area contributed by atoms with Crippen molar-refractivity contribution in [2.75, 3.05) is 4.90 Å². The molecule has 0 aliphatic carbocycles. The maximum Gasteiger partial charge on any atom is 0.0490 e. The Kier molecular flexibility index (Phi) is 5.23. The van der Waals surface area contributed by atoms with Crippen LogP contribution in [0.2, 0.25) is 0 Å². The number of rotatable bonds is 5. The Morgan fingerprint density at radius 1 is 0.640 bits per heavy atom. The predicted octanol–water partition coefficient (Wildman–Crippen LogP) is 6.90. The van der Waals surface area contributed by atoms with Crippen molar-refractivity contribution in [2.24, 2.45) is 0 Å². The van der Waals surface area contributed by atoms with Gasteiger partial charge in [-0.2, -0.15) is 0 Å². The monoisotopic (exact) mass is 329 g/mol. The Bertz CT molecular complexity index is 781. The van der Waals surface area contributed by atoms with E-state index in [0.29, 0.717) is 0 Å². The zero-order chi connectivity index (χ0) is 17.8. The van der Waals surface area contributed by atoms with Crippen molar-refractivity contribution in [3.8, 4) is 0 Å². The highest BCUT2D eigenvalue weighted by Gasteiger charge is 2.14. The minimum atomic E-state index is 1.06. The van der Waals surface area contributed by atoms with Crippen LogP contribution in [0.5, 0.6) is 0 Å². The molecule has 0 unspecified atom stereocenters. The largest absolute Gasteiger partial charge is 0.310 e. The summed E-state index contributed by atoms with van der Waals surface area (Å²) in [5.74, 6) is 0. The molecule has 3 aromatic rings. The first kappa shape index (κ1) is 17.3. The summed E-state index contributed by atoms with van der Waals surface area (Å²) in [6.45, 7) is 8.73. The van der Waals surface area contributed by atoms with E-state index in [1.165, 1.54) is 39.3 Å². The van der Waals surface area contributed by atoms with Gasteiger partial charge >= 0.3 is 0 Å². The zero-order valence-electron chi connectivity index (χ0n) is 15.7. The summed E-state index contributed by atoms with van der Waals surface area (Å²) in [6, 6.07) is 24.5. The fourth-order valence-electron chi connectivity index (χ4n) is 3.24. The molecule has 3 aromatic carbocycles. The van der Waals surface area contributed by atoms with Crippen LogP contribution >= 0.6 is 0 Å². The molecule has 0 N–H and O–H groups in total. The number of hydrogen-bond donors (Lipinski definition) is 0. The predicted molar refractivity (Wildman–Crippen MR) is 109 cm³/mol. The van der Waals surface area contributed by atoms with Crippen molar-refractivity contribution < 1.29 is 0 Å². The average Bonchev–Trinajstić information content (AvgIpc) is 2.65. The van der Waals surface area contributed by atoms with E-state index in [1.54, 1.807) is 0 Å². The third-order valence-electron chi connectivity index (χ3n) is 4.80. The van der Waals surface area contributed by atoms with E-state index < -0.39 is 0 Å². The molecule has 0 radical (unpaired) electrons. The summed E-state index contributed by atoms with van der Waals surface area (Å²) >= 11 is 0. The summed E-state index contributed by atoms with van der Waals surface area (Å²) in [6.07, 6.45) is 2.13. The number of hydrogen-bond acceptors (Lipinski definition) is 1.